The van der Waals surface area contributed by atoms with E-state index in [2.05, 4.69) is 55.3 Å². The van der Waals surface area contributed by atoms with Gasteiger partial charge in [0.05, 0.1) is 0 Å². The van der Waals surface area contributed by atoms with Crippen molar-refractivity contribution in [3.63, 3.8) is 0 Å². The van der Waals surface area contributed by atoms with E-state index in [4.69, 9.17) is 0 Å². The maximum Gasteiger partial charge on any atom is 0.225 e. The molecule has 1 aromatic carbocycles. The fraction of sp³-hybridized carbons (Fsp3) is 0.667. The Kier molecular flexibility index (Phi) is 7.26. The van der Waals surface area contributed by atoms with Crippen molar-refractivity contribution >= 4 is 11.9 Å². The van der Waals surface area contributed by atoms with Crippen molar-refractivity contribution in [1.29, 1.82) is 0 Å². The molecule has 1 unspecified atom stereocenters. The van der Waals surface area contributed by atoms with Gasteiger partial charge in [-0.15, -0.1) is 0 Å². The van der Waals surface area contributed by atoms with Crippen molar-refractivity contribution in [2.75, 3.05) is 59.4 Å². The van der Waals surface area contributed by atoms with Gasteiger partial charge in [0.1, 0.15) is 0 Å². The predicted octanol–water partition coefficient (Wildman–Crippen LogP) is 2.07. The molecule has 1 saturated carbocycles. The monoisotopic (exact) mass is 411 g/mol. The summed E-state index contributed by atoms with van der Waals surface area (Å²) >= 11 is 0. The zero-order valence-electron chi connectivity index (χ0n) is 18.4. The Balaban J connectivity index is 1.14. The van der Waals surface area contributed by atoms with E-state index in [-0.39, 0.29) is 0 Å². The molecule has 2 saturated heterocycles. The van der Waals surface area contributed by atoms with Crippen LogP contribution in [0.25, 0.3) is 0 Å². The normalized spacial score (nSPS) is 23.5. The fourth-order valence-corrected chi connectivity index (χ4v) is 4.90. The highest BCUT2D eigenvalue weighted by Crippen LogP contribution is 2.28. The summed E-state index contributed by atoms with van der Waals surface area (Å²) in [5.74, 6) is 2.46. The first-order valence-electron chi connectivity index (χ1n) is 11.7. The largest absolute Gasteiger partial charge is 0.355 e. The fourth-order valence-electron chi connectivity index (χ4n) is 4.90. The van der Waals surface area contributed by atoms with Gasteiger partial charge in [-0.2, -0.15) is 0 Å². The highest BCUT2D eigenvalue weighted by molar-refractivity contribution is 5.80. The lowest BCUT2D eigenvalue weighted by Crippen LogP contribution is -2.52. The van der Waals surface area contributed by atoms with E-state index in [9.17, 15) is 4.79 Å². The third-order valence-electron chi connectivity index (χ3n) is 7.01. The summed E-state index contributed by atoms with van der Waals surface area (Å²) in [4.78, 5) is 23.9. The first-order valence-corrected chi connectivity index (χ1v) is 11.7. The number of piperazine rings is 1. The van der Waals surface area contributed by atoms with E-state index < -0.39 is 0 Å². The Hall–Kier alpha value is -2.08. The highest BCUT2D eigenvalue weighted by Gasteiger charge is 2.31. The number of guanidine groups is 1. The Morgan fingerprint density at radius 1 is 1.03 bits per heavy atom. The summed E-state index contributed by atoms with van der Waals surface area (Å²) < 4.78 is 0. The number of carbonyl (C=O) groups is 1. The second-order valence-electron chi connectivity index (χ2n) is 9.06. The average molecular weight is 412 g/mol. The molecule has 3 aliphatic rings. The van der Waals surface area contributed by atoms with Gasteiger partial charge in [0.15, 0.2) is 5.96 Å². The number of hydrogen-bond donors (Lipinski definition) is 1. The van der Waals surface area contributed by atoms with Crippen molar-refractivity contribution in [1.82, 2.24) is 20.0 Å². The molecule has 1 amide bonds. The highest BCUT2D eigenvalue weighted by atomic mass is 16.2. The van der Waals surface area contributed by atoms with Gasteiger partial charge in [-0.25, -0.2) is 0 Å². The Labute approximate surface area is 181 Å². The third kappa shape index (κ3) is 5.34. The quantitative estimate of drug-likeness (QED) is 0.575. The topological polar surface area (TPSA) is 51.2 Å². The van der Waals surface area contributed by atoms with Crippen LogP contribution in [0.2, 0.25) is 0 Å². The molecule has 1 atom stereocenters. The lowest BCUT2D eigenvalue weighted by atomic mass is 9.84. The van der Waals surface area contributed by atoms with E-state index in [0.29, 0.717) is 17.7 Å². The van der Waals surface area contributed by atoms with Crippen LogP contribution in [0.5, 0.6) is 0 Å². The molecule has 30 heavy (non-hydrogen) atoms. The van der Waals surface area contributed by atoms with Crippen molar-refractivity contribution in [3.8, 4) is 0 Å². The van der Waals surface area contributed by atoms with E-state index >= 15 is 0 Å². The number of carbonyl (C=O) groups excluding carboxylic acids is 1. The minimum atomic E-state index is 0.327. The van der Waals surface area contributed by atoms with E-state index in [1.165, 1.54) is 18.4 Å². The molecule has 1 N–H and O–H groups in total. The summed E-state index contributed by atoms with van der Waals surface area (Å²) in [6, 6.07) is 10.8. The van der Waals surface area contributed by atoms with E-state index in [0.717, 1.165) is 77.6 Å². The van der Waals surface area contributed by atoms with Gasteiger partial charge >= 0.3 is 0 Å². The summed E-state index contributed by atoms with van der Waals surface area (Å²) in [6.45, 7) is 7.82. The number of nitrogens with one attached hydrogen (secondary N) is 1. The van der Waals surface area contributed by atoms with Crippen molar-refractivity contribution < 1.29 is 4.79 Å². The summed E-state index contributed by atoms with van der Waals surface area (Å²) in [5.41, 5.74) is 1.43. The molecule has 1 aliphatic carbocycles. The van der Waals surface area contributed by atoms with Crippen molar-refractivity contribution in [2.24, 2.45) is 16.8 Å². The summed E-state index contributed by atoms with van der Waals surface area (Å²) in [7, 11) is 1.89. The number of rotatable bonds is 6. The van der Waals surface area contributed by atoms with Gasteiger partial charge in [0, 0.05) is 65.3 Å². The second-order valence-corrected chi connectivity index (χ2v) is 9.06. The molecule has 0 bridgehead atoms. The molecule has 6 heteroatoms. The Morgan fingerprint density at radius 3 is 2.47 bits per heavy atom. The molecule has 6 nitrogen and oxygen atoms in total. The molecule has 2 aliphatic heterocycles. The predicted molar refractivity (Wildman–Crippen MR) is 122 cm³/mol. The molecule has 0 spiro atoms. The van der Waals surface area contributed by atoms with E-state index in [1.54, 1.807) is 0 Å². The van der Waals surface area contributed by atoms with Crippen LogP contribution in [0.1, 0.15) is 31.2 Å². The minimum Gasteiger partial charge on any atom is -0.355 e. The van der Waals surface area contributed by atoms with Crippen LogP contribution in [0.3, 0.4) is 0 Å². The first kappa shape index (κ1) is 21.2. The van der Waals surface area contributed by atoms with Gasteiger partial charge in [-0.05, 0) is 37.2 Å². The lowest BCUT2D eigenvalue weighted by Gasteiger charge is -2.38. The number of aliphatic imine (C=N–C) groups is 1. The van der Waals surface area contributed by atoms with Gasteiger partial charge < -0.3 is 15.1 Å². The maximum atomic E-state index is 12.4. The number of nitrogens with zero attached hydrogens (tertiary/aromatic N) is 4. The standard InChI is InChI=1S/C24H37N5O/c1-25-24(29-12-10-21(19-29)18-20-6-3-2-4-7-20)26-11-13-27-14-16-28(17-15-27)23(30)22-8-5-9-22/h2-4,6-7,21-22H,5,8-19H2,1H3,(H,25,26). The maximum absolute atomic E-state index is 12.4. The molecule has 2 heterocycles. The number of benzene rings is 1. The van der Waals surface area contributed by atoms with Crippen LogP contribution in [0, 0.1) is 11.8 Å². The molecule has 1 aromatic rings. The molecular formula is C24H37N5O. The molecule has 0 radical (unpaired) electrons. The van der Waals surface area contributed by atoms with Gasteiger partial charge in [-0.3, -0.25) is 14.7 Å². The molecular weight excluding hydrogens is 374 g/mol. The summed E-state index contributed by atoms with van der Waals surface area (Å²) in [5, 5.41) is 3.57. The zero-order valence-corrected chi connectivity index (χ0v) is 18.4. The van der Waals surface area contributed by atoms with E-state index in [1.807, 2.05) is 7.05 Å². The Morgan fingerprint density at radius 2 is 1.80 bits per heavy atom. The van der Waals surface area contributed by atoms with Gasteiger partial charge in [0.2, 0.25) is 5.91 Å². The number of hydrogen-bond acceptors (Lipinski definition) is 3. The lowest BCUT2D eigenvalue weighted by molar-refractivity contribution is -0.139. The minimum absolute atomic E-state index is 0.327. The van der Waals surface area contributed by atoms with Crippen LogP contribution in [-0.2, 0) is 11.2 Å². The summed E-state index contributed by atoms with van der Waals surface area (Å²) in [6.07, 6.45) is 5.81. The second kappa shape index (κ2) is 10.3. The zero-order chi connectivity index (χ0) is 20.8. The third-order valence-corrected chi connectivity index (χ3v) is 7.01. The van der Waals surface area contributed by atoms with Crippen molar-refractivity contribution in [3.05, 3.63) is 35.9 Å². The van der Waals surface area contributed by atoms with Gasteiger partial charge in [0.25, 0.3) is 0 Å². The Bertz CT molecular complexity index is 710. The SMILES string of the molecule is CN=C(NCCN1CCN(C(=O)C2CCC2)CC1)N1CCC(Cc2ccccc2)C1. The van der Waals surface area contributed by atoms with Crippen molar-refractivity contribution in [2.45, 2.75) is 32.1 Å². The molecule has 4 rings (SSSR count). The molecule has 0 aromatic heterocycles. The molecule has 164 valence electrons. The van der Waals surface area contributed by atoms with Crippen LogP contribution in [-0.4, -0.2) is 86.0 Å². The number of amides is 1. The van der Waals surface area contributed by atoms with Gasteiger partial charge in [-0.1, -0.05) is 36.8 Å². The van der Waals surface area contributed by atoms with Crippen LogP contribution in [0.4, 0.5) is 0 Å². The van der Waals surface area contributed by atoms with Crippen LogP contribution < -0.4 is 5.32 Å². The first-order chi connectivity index (χ1) is 14.7. The molecule has 3 fully saturated rings. The van der Waals surface area contributed by atoms with Crippen LogP contribution in [0.15, 0.2) is 35.3 Å². The average Bonchev–Trinajstić information content (AvgIpc) is 3.19. The van der Waals surface area contributed by atoms with Crippen LogP contribution >= 0.6 is 0 Å². The smallest absolute Gasteiger partial charge is 0.225 e. The number of likely N-dealkylation sites (tertiary alicyclic amines) is 1.